The molecule has 0 radical (unpaired) electrons. The molecule has 1 unspecified atom stereocenters. The smallest absolute Gasteiger partial charge is 0.246 e. The van der Waals surface area contributed by atoms with Crippen LogP contribution in [0.1, 0.15) is 31.9 Å². The molecule has 0 fully saturated rings. The number of amides is 1. The van der Waals surface area contributed by atoms with Gasteiger partial charge >= 0.3 is 0 Å². The Balaban J connectivity index is 2.38. The van der Waals surface area contributed by atoms with Crippen LogP contribution in [-0.2, 0) is 4.79 Å². The molecule has 1 heterocycles. The highest BCUT2D eigenvalue weighted by atomic mass is 79.9. The number of hydrogen-bond acceptors (Lipinski definition) is 4. The van der Waals surface area contributed by atoms with Gasteiger partial charge in [-0.25, -0.2) is 0 Å². The van der Waals surface area contributed by atoms with Gasteiger partial charge in [-0.15, -0.1) is 0 Å². The molecule has 0 bridgehead atoms. The summed E-state index contributed by atoms with van der Waals surface area (Å²) in [6.07, 6.45) is 0.715. The number of carbonyl (C=O) groups is 1. The second kappa shape index (κ2) is 6.77. The molecule has 5 nitrogen and oxygen atoms in total. The number of aliphatic hydroxyl groups is 1. The van der Waals surface area contributed by atoms with Crippen molar-refractivity contribution in [2.45, 2.75) is 32.4 Å². The lowest BCUT2D eigenvalue weighted by atomic mass is 10.1. The fourth-order valence-corrected chi connectivity index (χ4v) is 3.26. The average molecular weight is 356 g/mol. The van der Waals surface area contributed by atoms with E-state index in [0.29, 0.717) is 12.5 Å². The number of likely N-dealkylation sites (N-methyl/N-ethyl adjacent to an activating group) is 1. The topological polar surface area (TPSA) is 64.6 Å². The predicted molar refractivity (Wildman–Crippen MR) is 88.8 cm³/mol. The lowest BCUT2D eigenvalue weighted by molar-refractivity contribution is -0.117. The number of rotatable bonds is 6. The highest BCUT2D eigenvalue weighted by Gasteiger charge is 2.30. The lowest BCUT2D eigenvalue weighted by Gasteiger charge is -2.30. The van der Waals surface area contributed by atoms with Crippen LogP contribution in [0.4, 0.5) is 11.4 Å². The molecule has 0 aliphatic carbocycles. The molecular formula is C15H22BrN3O2. The number of aliphatic hydroxyl groups excluding tert-OH is 1. The summed E-state index contributed by atoms with van der Waals surface area (Å²) in [5.74, 6) is -0.0250. The van der Waals surface area contributed by atoms with Gasteiger partial charge in [0.05, 0.1) is 5.69 Å². The molecule has 0 saturated carbocycles. The molecule has 1 aliphatic rings. The van der Waals surface area contributed by atoms with Crippen molar-refractivity contribution in [2.24, 2.45) is 0 Å². The first-order valence-corrected chi connectivity index (χ1v) is 7.98. The number of halogens is 1. The van der Waals surface area contributed by atoms with Crippen LogP contribution in [0.3, 0.4) is 0 Å². The molecule has 21 heavy (non-hydrogen) atoms. The number of nitrogens with zero attached hydrogens (tertiary/aromatic N) is 1. The lowest BCUT2D eigenvalue weighted by Crippen LogP contribution is -2.32. The first-order valence-electron chi connectivity index (χ1n) is 7.18. The fourth-order valence-electron chi connectivity index (χ4n) is 2.68. The maximum Gasteiger partial charge on any atom is 0.246 e. The van der Waals surface area contributed by atoms with Crippen LogP contribution < -0.4 is 15.5 Å². The molecule has 116 valence electrons. The van der Waals surface area contributed by atoms with E-state index in [-0.39, 0.29) is 18.6 Å². The van der Waals surface area contributed by atoms with Crippen molar-refractivity contribution in [2.75, 3.05) is 30.4 Å². The van der Waals surface area contributed by atoms with Crippen molar-refractivity contribution < 1.29 is 9.90 Å². The molecule has 0 saturated heterocycles. The van der Waals surface area contributed by atoms with Gasteiger partial charge < -0.3 is 20.6 Å². The average Bonchev–Trinajstić information content (AvgIpc) is 2.73. The summed E-state index contributed by atoms with van der Waals surface area (Å²) >= 11 is 3.62. The molecule has 2 rings (SSSR count). The molecule has 6 heteroatoms. The van der Waals surface area contributed by atoms with E-state index in [1.54, 1.807) is 7.05 Å². The highest BCUT2D eigenvalue weighted by Crippen LogP contribution is 2.39. The minimum atomic E-state index is -0.296. The fraction of sp³-hybridized carbons (Fsp3) is 0.533. The van der Waals surface area contributed by atoms with Gasteiger partial charge in [0.15, 0.2) is 0 Å². The van der Waals surface area contributed by atoms with Gasteiger partial charge in [0, 0.05) is 34.9 Å². The summed E-state index contributed by atoms with van der Waals surface area (Å²) in [6.45, 7) is 5.18. The van der Waals surface area contributed by atoms with E-state index in [0.717, 1.165) is 28.0 Å². The SMILES string of the molecule is CNC1C(=O)Nc2cc(N(CCCO)C(C)C)c(Br)cc21. The van der Waals surface area contributed by atoms with Crippen molar-refractivity contribution in [3.8, 4) is 0 Å². The van der Waals surface area contributed by atoms with Gasteiger partial charge in [-0.1, -0.05) is 0 Å². The third kappa shape index (κ3) is 3.22. The molecule has 1 aromatic rings. The summed E-state index contributed by atoms with van der Waals surface area (Å²) in [6, 6.07) is 4.02. The largest absolute Gasteiger partial charge is 0.396 e. The van der Waals surface area contributed by atoms with Crippen LogP contribution in [0.2, 0.25) is 0 Å². The Morgan fingerprint density at radius 3 is 2.76 bits per heavy atom. The minimum absolute atomic E-state index is 0.0250. The standard InChI is InChI=1S/C15H22BrN3O2/c1-9(2)19(5-4-6-20)13-8-12-10(7-11(13)16)14(17-3)15(21)18-12/h7-9,14,17,20H,4-6H2,1-3H3,(H,18,21). The minimum Gasteiger partial charge on any atom is -0.396 e. The summed E-state index contributed by atoms with van der Waals surface area (Å²) in [5.41, 5.74) is 2.85. The van der Waals surface area contributed by atoms with Crippen LogP contribution in [0, 0.1) is 0 Å². The molecule has 1 aliphatic heterocycles. The van der Waals surface area contributed by atoms with E-state index in [1.807, 2.05) is 12.1 Å². The first-order chi connectivity index (χ1) is 9.99. The zero-order chi connectivity index (χ0) is 15.6. The van der Waals surface area contributed by atoms with Crippen molar-refractivity contribution in [3.63, 3.8) is 0 Å². The molecule has 1 atom stereocenters. The normalized spacial score (nSPS) is 17.0. The van der Waals surface area contributed by atoms with Crippen LogP contribution in [0.25, 0.3) is 0 Å². The predicted octanol–water partition coefficient (Wildman–Crippen LogP) is 2.26. The number of fused-ring (bicyclic) bond motifs is 1. The molecule has 3 N–H and O–H groups in total. The Bertz CT molecular complexity index is 534. The van der Waals surface area contributed by atoms with E-state index in [1.165, 1.54) is 0 Å². The van der Waals surface area contributed by atoms with E-state index < -0.39 is 0 Å². The Labute approximate surface area is 133 Å². The van der Waals surface area contributed by atoms with Crippen molar-refractivity contribution in [3.05, 3.63) is 22.2 Å². The Morgan fingerprint density at radius 2 is 2.19 bits per heavy atom. The Morgan fingerprint density at radius 1 is 1.48 bits per heavy atom. The molecule has 0 spiro atoms. The van der Waals surface area contributed by atoms with Gasteiger partial charge in [-0.3, -0.25) is 4.79 Å². The molecule has 0 aromatic heterocycles. The van der Waals surface area contributed by atoms with Gasteiger partial charge in [-0.2, -0.15) is 0 Å². The number of hydrogen-bond donors (Lipinski definition) is 3. The molecular weight excluding hydrogens is 334 g/mol. The third-order valence-corrected chi connectivity index (χ3v) is 4.36. The maximum atomic E-state index is 11.9. The van der Waals surface area contributed by atoms with Crippen LogP contribution in [-0.4, -0.2) is 37.3 Å². The second-order valence-corrected chi connectivity index (χ2v) is 6.32. The second-order valence-electron chi connectivity index (χ2n) is 5.47. The summed E-state index contributed by atoms with van der Waals surface area (Å²) in [7, 11) is 1.78. The van der Waals surface area contributed by atoms with E-state index in [9.17, 15) is 4.79 Å². The van der Waals surface area contributed by atoms with Gasteiger partial charge in [-0.05, 0) is 55.4 Å². The Hall–Kier alpha value is -1.11. The van der Waals surface area contributed by atoms with Gasteiger partial charge in [0.25, 0.3) is 0 Å². The number of carbonyl (C=O) groups excluding carboxylic acids is 1. The van der Waals surface area contributed by atoms with Crippen molar-refractivity contribution >= 4 is 33.2 Å². The number of benzene rings is 1. The first kappa shape index (κ1) is 16.3. The molecule has 1 amide bonds. The summed E-state index contributed by atoms with van der Waals surface area (Å²) in [5, 5.41) is 15.0. The van der Waals surface area contributed by atoms with Crippen molar-refractivity contribution in [1.82, 2.24) is 5.32 Å². The van der Waals surface area contributed by atoms with Crippen LogP contribution >= 0.6 is 15.9 Å². The highest BCUT2D eigenvalue weighted by molar-refractivity contribution is 9.10. The van der Waals surface area contributed by atoms with E-state index in [2.05, 4.69) is 45.3 Å². The number of anilines is 2. The monoisotopic (exact) mass is 355 g/mol. The van der Waals surface area contributed by atoms with Crippen molar-refractivity contribution in [1.29, 1.82) is 0 Å². The number of nitrogens with one attached hydrogen (secondary N) is 2. The van der Waals surface area contributed by atoms with E-state index in [4.69, 9.17) is 5.11 Å². The maximum absolute atomic E-state index is 11.9. The zero-order valence-corrected chi connectivity index (χ0v) is 14.2. The van der Waals surface area contributed by atoms with Crippen LogP contribution in [0.15, 0.2) is 16.6 Å². The summed E-state index contributed by atoms with van der Waals surface area (Å²) in [4.78, 5) is 14.1. The Kier molecular flexibility index (Phi) is 5.24. The third-order valence-electron chi connectivity index (χ3n) is 3.73. The quantitative estimate of drug-likeness (QED) is 0.732. The van der Waals surface area contributed by atoms with E-state index >= 15 is 0 Å². The summed E-state index contributed by atoms with van der Waals surface area (Å²) < 4.78 is 0.963. The zero-order valence-electron chi connectivity index (χ0n) is 12.6. The van der Waals surface area contributed by atoms with Gasteiger partial charge in [0.2, 0.25) is 5.91 Å². The van der Waals surface area contributed by atoms with Gasteiger partial charge in [0.1, 0.15) is 6.04 Å². The molecule has 1 aromatic carbocycles. The van der Waals surface area contributed by atoms with Crippen LogP contribution in [0.5, 0.6) is 0 Å².